The molecule has 0 aromatic carbocycles. The van der Waals surface area contributed by atoms with E-state index >= 15 is 0 Å². The van der Waals surface area contributed by atoms with Crippen molar-refractivity contribution in [3.8, 4) is 0 Å². The molecular formula is C16H29NO2. The van der Waals surface area contributed by atoms with Gasteiger partial charge < -0.3 is 4.74 Å². The van der Waals surface area contributed by atoms with Gasteiger partial charge in [-0.05, 0) is 58.0 Å². The normalized spacial score (nSPS) is 25.1. The first-order chi connectivity index (χ1) is 9.23. The van der Waals surface area contributed by atoms with Crippen LogP contribution in [0.4, 0.5) is 0 Å². The van der Waals surface area contributed by atoms with Crippen molar-refractivity contribution < 1.29 is 9.53 Å². The van der Waals surface area contributed by atoms with Crippen LogP contribution in [0.15, 0.2) is 0 Å². The fourth-order valence-electron chi connectivity index (χ4n) is 3.81. The maximum atomic E-state index is 12.8. The third kappa shape index (κ3) is 3.19. The van der Waals surface area contributed by atoms with E-state index in [1.165, 1.54) is 12.8 Å². The second kappa shape index (κ2) is 6.85. The van der Waals surface area contributed by atoms with Crippen molar-refractivity contribution in [2.24, 2.45) is 0 Å². The molecule has 110 valence electrons. The number of Topliss-reactive ketones (excluding diaryl/α,β-unsaturated/α-hetero) is 1. The molecule has 0 amide bonds. The van der Waals surface area contributed by atoms with Gasteiger partial charge in [-0.2, -0.15) is 0 Å². The minimum atomic E-state index is -0.185. The molecule has 0 aromatic heterocycles. The molecule has 2 fully saturated rings. The quantitative estimate of drug-likeness (QED) is 0.709. The molecule has 2 heterocycles. The predicted octanol–water partition coefficient (Wildman–Crippen LogP) is 3.17. The number of carbonyl (C=O) groups excluding carboxylic acids is 1. The SMILES string of the molecule is CCC(CC)(C(=O)CCC1CCCO1)N1CCCC1. The molecular weight excluding hydrogens is 238 g/mol. The van der Waals surface area contributed by atoms with Crippen LogP contribution in [-0.4, -0.2) is 42.0 Å². The zero-order chi connectivity index (χ0) is 13.7. The molecule has 0 N–H and O–H groups in total. The molecule has 0 spiro atoms. The van der Waals surface area contributed by atoms with Crippen LogP contribution in [0.3, 0.4) is 0 Å². The van der Waals surface area contributed by atoms with Crippen molar-refractivity contribution in [3.05, 3.63) is 0 Å². The number of likely N-dealkylation sites (tertiary alicyclic amines) is 1. The summed E-state index contributed by atoms with van der Waals surface area (Å²) >= 11 is 0. The van der Waals surface area contributed by atoms with Crippen molar-refractivity contribution in [2.75, 3.05) is 19.7 Å². The standard InChI is InChI=1S/C16H29NO2/c1-3-16(4-2,17-11-5-6-12-17)15(18)10-9-14-8-7-13-19-14/h14H,3-13H2,1-2H3. The first-order valence-electron chi connectivity index (χ1n) is 8.13. The molecule has 0 saturated carbocycles. The summed E-state index contributed by atoms with van der Waals surface area (Å²) in [6.07, 6.45) is 8.68. The molecule has 1 atom stereocenters. The Kier molecular flexibility index (Phi) is 5.40. The number of nitrogens with zero attached hydrogens (tertiary/aromatic N) is 1. The number of hydrogen-bond acceptors (Lipinski definition) is 3. The highest BCUT2D eigenvalue weighted by Crippen LogP contribution is 2.31. The molecule has 2 saturated heterocycles. The highest BCUT2D eigenvalue weighted by Gasteiger charge is 2.41. The van der Waals surface area contributed by atoms with Crippen molar-refractivity contribution in [3.63, 3.8) is 0 Å². The van der Waals surface area contributed by atoms with Gasteiger partial charge in [0.15, 0.2) is 5.78 Å². The summed E-state index contributed by atoms with van der Waals surface area (Å²) in [5.74, 6) is 0.454. The van der Waals surface area contributed by atoms with Gasteiger partial charge in [0.2, 0.25) is 0 Å². The third-order valence-corrected chi connectivity index (χ3v) is 5.12. The fourth-order valence-corrected chi connectivity index (χ4v) is 3.81. The fraction of sp³-hybridized carbons (Fsp3) is 0.938. The van der Waals surface area contributed by atoms with Gasteiger partial charge >= 0.3 is 0 Å². The van der Waals surface area contributed by atoms with E-state index in [0.717, 1.165) is 51.8 Å². The maximum absolute atomic E-state index is 12.8. The Labute approximate surface area is 117 Å². The average molecular weight is 267 g/mol. The molecule has 19 heavy (non-hydrogen) atoms. The Hall–Kier alpha value is -0.410. The zero-order valence-electron chi connectivity index (χ0n) is 12.6. The van der Waals surface area contributed by atoms with Gasteiger partial charge in [-0.25, -0.2) is 0 Å². The summed E-state index contributed by atoms with van der Waals surface area (Å²) in [6, 6.07) is 0. The van der Waals surface area contributed by atoms with E-state index in [1.807, 2.05) is 0 Å². The van der Waals surface area contributed by atoms with Crippen molar-refractivity contribution in [1.82, 2.24) is 4.90 Å². The van der Waals surface area contributed by atoms with Crippen LogP contribution in [0.25, 0.3) is 0 Å². The summed E-state index contributed by atoms with van der Waals surface area (Å²) < 4.78 is 5.64. The maximum Gasteiger partial charge on any atom is 0.153 e. The van der Waals surface area contributed by atoms with Crippen molar-refractivity contribution in [1.29, 1.82) is 0 Å². The van der Waals surface area contributed by atoms with E-state index in [1.54, 1.807) is 0 Å². The predicted molar refractivity (Wildman–Crippen MR) is 77.3 cm³/mol. The third-order valence-electron chi connectivity index (χ3n) is 5.12. The second-order valence-electron chi connectivity index (χ2n) is 6.03. The Bertz CT molecular complexity index is 287. The van der Waals surface area contributed by atoms with Gasteiger partial charge in [-0.1, -0.05) is 13.8 Å². The lowest BCUT2D eigenvalue weighted by Crippen LogP contribution is -2.52. The number of rotatable bonds is 7. The average Bonchev–Trinajstić information content (AvgIpc) is 3.12. The lowest BCUT2D eigenvalue weighted by Gasteiger charge is -2.39. The minimum absolute atomic E-state index is 0.185. The lowest BCUT2D eigenvalue weighted by molar-refractivity contribution is -0.132. The topological polar surface area (TPSA) is 29.5 Å². The molecule has 0 radical (unpaired) electrons. The van der Waals surface area contributed by atoms with Gasteiger partial charge in [0.1, 0.15) is 0 Å². The van der Waals surface area contributed by atoms with Crippen molar-refractivity contribution >= 4 is 5.78 Å². The molecule has 2 aliphatic heterocycles. The largest absolute Gasteiger partial charge is 0.378 e. The molecule has 0 aromatic rings. The summed E-state index contributed by atoms with van der Waals surface area (Å²) in [5, 5.41) is 0. The molecule has 3 nitrogen and oxygen atoms in total. The lowest BCUT2D eigenvalue weighted by atomic mass is 9.83. The molecule has 0 aliphatic carbocycles. The number of ether oxygens (including phenoxy) is 1. The van der Waals surface area contributed by atoms with Crippen LogP contribution in [0.1, 0.15) is 65.2 Å². The molecule has 3 heteroatoms. The van der Waals surface area contributed by atoms with Gasteiger partial charge in [-0.15, -0.1) is 0 Å². The molecule has 1 unspecified atom stereocenters. The van der Waals surface area contributed by atoms with E-state index in [2.05, 4.69) is 18.7 Å². The van der Waals surface area contributed by atoms with Crippen LogP contribution in [-0.2, 0) is 9.53 Å². The highest BCUT2D eigenvalue weighted by atomic mass is 16.5. The smallest absolute Gasteiger partial charge is 0.153 e. The Morgan fingerprint density at radius 1 is 1.21 bits per heavy atom. The zero-order valence-corrected chi connectivity index (χ0v) is 12.6. The van der Waals surface area contributed by atoms with Gasteiger partial charge in [0.25, 0.3) is 0 Å². The summed E-state index contributed by atoms with van der Waals surface area (Å²) in [6.45, 7) is 7.44. The number of hydrogen-bond donors (Lipinski definition) is 0. The monoisotopic (exact) mass is 267 g/mol. The molecule has 2 aliphatic rings. The van der Waals surface area contributed by atoms with Crippen LogP contribution < -0.4 is 0 Å². The minimum Gasteiger partial charge on any atom is -0.378 e. The first-order valence-corrected chi connectivity index (χ1v) is 8.13. The van der Waals surface area contributed by atoms with Crippen LogP contribution in [0.5, 0.6) is 0 Å². The van der Waals surface area contributed by atoms with E-state index in [9.17, 15) is 4.79 Å². The van der Waals surface area contributed by atoms with Gasteiger partial charge in [-0.3, -0.25) is 9.69 Å². The van der Waals surface area contributed by atoms with E-state index in [0.29, 0.717) is 18.3 Å². The van der Waals surface area contributed by atoms with Gasteiger partial charge in [0.05, 0.1) is 11.6 Å². The van der Waals surface area contributed by atoms with Crippen LogP contribution in [0, 0.1) is 0 Å². The second-order valence-corrected chi connectivity index (χ2v) is 6.03. The van der Waals surface area contributed by atoms with E-state index in [4.69, 9.17) is 4.74 Å². The van der Waals surface area contributed by atoms with Crippen molar-refractivity contribution in [2.45, 2.75) is 76.9 Å². The first kappa shape index (κ1) is 15.0. The summed E-state index contributed by atoms with van der Waals surface area (Å²) in [4.78, 5) is 15.2. The van der Waals surface area contributed by atoms with Crippen LogP contribution in [0.2, 0.25) is 0 Å². The highest BCUT2D eigenvalue weighted by molar-refractivity contribution is 5.88. The Morgan fingerprint density at radius 3 is 2.42 bits per heavy atom. The Morgan fingerprint density at radius 2 is 1.89 bits per heavy atom. The van der Waals surface area contributed by atoms with Crippen LogP contribution >= 0.6 is 0 Å². The molecule has 2 rings (SSSR count). The summed E-state index contributed by atoms with van der Waals surface area (Å²) in [5.41, 5.74) is -0.185. The number of carbonyl (C=O) groups is 1. The number of ketones is 1. The molecule has 0 bridgehead atoms. The van der Waals surface area contributed by atoms with Gasteiger partial charge in [0, 0.05) is 13.0 Å². The van der Waals surface area contributed by atoms with E-state index in [-0.39, 0.29) is 5.54 Å². The van der Waals surface area contributed by atoms with E-state index < -0.39 is 0 Å². The summed E-state index contributed by atoms with van der Waals surface area (Å²) in [7, 11) is 0. The Balaban J connectivity index is 1.94.